The molecule has 1 aromatic heterocycles. The minimum Gasteiger partial charge on any atom is -0.383 e. The second-order valence-electron chi connectivity index (χ2n) is 4.20. The zero-order chi connectivity index (χ0) is 15.5. The minimum atomic E-state index is -3.82. The average Bonchev–Trinajstić information content (AvgIpc) is 2.48. The summed E-state index contributed by atoms with van der Waals surface area (Å²) in [7, 11) is -3.82. The van der Waals surface area contributed by atoms with Crippen LogP contribution in [0.5, 0.6) is 0 Å². The second kappa shape index (κ2) is 6.28. The van der Waals surface area contributed by atoms with Gasteiger partial charge in [0.05, 0.1) is 12.2 Å². The van der Waals surface area contributed by atoms with Crippen LogP contribution in [0.3, 0.4) is 0 Å². The molecule has 1 aromatic carbocycles. The van der Waals surface area contributed by atoms with E-state index in [1.807, 2.05) is 6.07 Å². The molecule has 0 bridgehead atoms. The summed E-state index contributed by atoms with van der Waals surface area (Å²) < 4.78 is 27.4. The number of nitrogens with zero attached hydrogens (tertiary/aromatic N) is 2. The number of hydrogen-bond acceptors (Lipinski definition) is 4. The Morgan fingerprint density at radius 3 is 2.62 bits per heavy atom. The van der Waals surface area contributed by atoms with Gasteiger partial charge in [-0.1, -0.05) is 24.3 Å². The Morgan fingerprint density at radius 2 is 2.00 bits per heavy atom. The molecule has 0 spiro atoms. The van der Waals surface area contributed by atoms with E-state index in [-0.39, 0.29) is 17.3 Å². The third kappa shape index (κ3) is 3.25. The first-order valence-corrected chi connectivity index (χ1v) is 8.30. The molecule has 7 heteroatoms. The standard InChI is InChI=1S/C14H14BrN3O2S/c1-2-8-18(12-6-4-3-5-7-12)21(19,20)13-9-11(15)10-17-14(13)16/h2-7,9-10H,1,8H2,(H2,16,17). The molecule has 1 heterocycles. The third-order valence-corrected chi connectivity index (χ3v) is 5.01. The fourth-order valence-electron chi connectivity index (χ4n) is 1.81. The van der Waals surface area contributed by atoms with Gasteiger partial charge in [-0.05, 0) is 34.1 Å². The summed E-state index contributed by atoms with van der Waals surface area (Å²) in [4.78, 5) is 3.84. The molecule has 0 radical (unpaired) electrons. The van der Waals surface area contributed by atoms with Crippen molar-refractivity contribution in [3.05, 3.63) is 59.7 Å². The average molecular weight is 368 g/mol. The first-order chi connectivity index (χ1) is 9.96. The van der Waals surface area contributed by atoms with E-state index in [4.69, 9.17) is 5.73 Å². The van der Waals surface area contributed by atoms with Gasteiger partial charge in [-0.3, -0.25) is 4.31 Å². The summed E-state index contributed by atoms with van der Waals surface area (Å²) in [5, 5.41) is 0. The number of sulfonamides is 1. The lowest BCUT2D eigenvalue weighted by Gasteiger charge is -2.23. The zero-order valence-electron chi connectivity index (χ0n) is 11.1. The van der Waals surface area contributed by atoms with Crippen LogP contribution in [-0.2, 0) is 10.0 Å². The highest BCUT2D eigenvalue weighted by Gasteiger charge is 2.27. The number of nitrogen functional groups attached to an aromatic ring is 1. The molecule has 0 aliphatic heterocycles. The normalized spacial score (nSPS) is 11.1. The number of aromatic nitrogens is 1. The Kier molecular flexibility index (Phi) is 4.64. The summed E-state index contributed by atoms with van der Waals surface area (Å²) in [5.74, 6) is -0.0387. The largest absolute Gasteiger partial charge is 0.383 e. The van der Waals surface area contributed by atoms with Crippen LogP contribution in [-0.4, -0.2) is 19.9 Å². The van der Waals surface area contributed by atoms with Crippen molar-refractivity contribution in [2.45, 2.75) is 4.90 Å². The van der Waals surface area contributed by atoms with E-state index in [0.29, 0.717) is 10.2 Å². The van der Waals surface area contributed by atoms with Crippen molar-refractivity contribution in [3.63, 3.8) is 0 Å². The molecule has 110 valence electrons. The van der Waals surface area contributed by atoms with Gasteiger partial charge in [-0.25, -0.2) is 13.4 Å². The number of rotatable bonds is 5. The van der Waals surface area contributed by atoms with Crippen molar-refractivity contribution in [2.24, 2.45) is 0 Å². The number of pyridine rings is 1. The van der Waals surface area contributed by atoms with E-state index in [9.17, 15) is 8.42 Å². The Bertz CT molecular complexity index is 748. The van der Waals surface area contributed by atoms with Gasteiger partial charge < -0.3 is 5.73 Å². The molecule has 0 aliphatic carbocycles. The van der Waals surface area contributed by atoms with E-state index in [2.05, 4.69) is 27.5 Å². The Balaban J connectivity index is 2.58. The molecule has 0 aliphatic rings. The lowest BCUT2D eigenvalue weighted by molar-refractivity contribution is 0.593. The van der Waals surface area contributed by atoms with Crippen molar-refractivity contribution in [2.75, 3.05) is 16.6 Å². The quantitative estimate of drug-likeness (QED) is 0.824. The first kappa shape index (κ1) is 15.5. The highest BCUT2D eigenvalue weighted by Crippen LogP contribution is 2.27. The van der Waals surface area contributed by atoms with Gasteiger partial charge >= 0.3 is 0 Å². The van der Waals surface area contributed by atoms with Crippen molar-refractivity contribution in [3.8, 4) is 0 Å². The first-order valence-electron chi connectivity index (χ1n) is 6.06. The lowest BCUT2D eigenvalue weighted by Crippen LogP contribution is -2.31. The molecule has 0 fully saturated rings. The molecule has 0 unspecified atom stereocenters. The Hall–Kier alpha value is -1.86. The van der Waals surface area contributed by atoms with Crippen LogP contribution in [0.15, 0.2) is 64.6 Å². The van der Waals surface area contributed by atoms with Gasteiger partial charge in [-0.2, -0.15) is 0 Å². The number of nitrogens with two attached hydrogens (primary N) is 1. The van der Waals surface area contributed by atoms with Gasteiger partial charge in [0, 0.05) is 10.7 Å². The van der Waals surface area contributed by atoms with Crippen LogP contribution in [0, 0.1) is 0 Å². The van der Waals surface area contributed by atoms with Gasteiger partial charge in [-0.15, -0.1) is 6.58 Å². The molecule has 0 saturated heterocycles. The molecule has 0 amide bonds. The number of anilines is 2. The Morgan fingerprint density at radius 1 is 1.33 bits per heavy atom. The molecule has 2 aromatic rings. The monoisotopic (exact) mass is 367 g/mol. The van der Waals surface area contributed by atoms with Gasteiger partial charge in [0.15, 0.2) is 0 Å². The topological polar surface area (TPSA) is 76.3 Å². The van der Waals surface area contributed by atoms with E-state index in [1.54, 1.807) is 24.3 Å². The van der Waals surface area contributed by atoms with Crippen LogP contribution >= 0.6 is 15.9 Å². The maximum Gasteiger partial charge on any atom is 0.268 e. The minimum absolute atomic E-state index is 0.0387. The van der Waals surface area contributed by atoms with Crippen molar-refractivity contribution in [1.29, 1.82) is 0 Å². The molecule has 0 atom stereocenters. The molecule has 21 heavy (non-hydrogen) atoms. The molecule has 0 saturated carbocycles. The second-order valence-corrected chi connectivity index (χ2v) is 6.94. The number of para-hydroxylation sites is 1. The van der Waals surface area contributed by atoms with Crippen LogP contribution in [0.1, 0.15) is 0 Å². The summed E-state index contributed by atoms with van der Waals surface area (Å²) in [6.45, 7) is 3.75. The number of halogens is 1. The summed E-state index contributed by atoms with van der Waals surface area (Å²) >= 11 is 3.21. The van der Waals surface area contributed by atoms with E-state index < -0.39 is 10.0 Å². The molecular weight excluding hydrogens is 354 g/mol. The number of hydrogen-bond donors (Lipinski definition) is 1. The maximum absolute atomic E-state index is 12.8. The molecular formula is C14H14BrN3O2S. The smallest absolute Gasteiger partial charge is 0.268 e. The molecule has 5 nitrogen and oxygen atoms in total. The van der Waals surface area contributed by atoms with Gasteiger partial charge in [0.1, 0.15) is 10.7 Å². The van der Waals surface area contributed by atoms with Crippen LogP contribution in [0.25, 0.3) is 0 Å². The van der Waals surface area contributed by atoms with Crippen LogP contribution in [0.4, 0.5) is 11.5 Å². The fraction of sp³-hybridized carbons (Fsp3) is 0.0714. The van der Waals surface area contributed by atoms with Gasteiger partial charge in [0.2, 0.25) is 0 Å². The van der Waals surface area contributed by atoms with Gasteiger partial charge in [0.25, 0.3) is 10.0 Å². The van der Waals surface area contributed by atoms with Crippen molar-refractivity contribution >= 4 is 37.5 Å². The van der Waals surface area contributed by atoms with Crippen LogP contribution < -0.4 is 10.0 Å². The lowest BCUT2D eigenvalue weighted by atomic mass is 10.3. The highest BCUT2D eigenvalue weighted by atomic mass is 79.9. The van der Waals surface area contributed by atoms with Crippen LogP contribution in [0.2, 0.25) is 0 Å². The predicted molar refractivity (Wildman–Crippen MR) is 87.5 cm³/mol. The summed E-state index contributed by atoms with van der Waals surface area (Å²) in [5.41, 5.74) is 6.26. The van der Waals surface area contributed by atoms with Crippen molar-refractivity contribution < 1.29 is 8.42 Å². The molecule has 2 rings (SSSR count). The predicted octanol–water partition coefficient (Wildman–Crippen LogP) is 2.81. The van der Waals surface area contributed by atoms with E-state index >= 15 is 0 Å². The third-order valence-electron chi connectivity index (χ3n) is 2.76. The molecule has 2 N–H and O–H groups in total. The number of benzene rings is 1. The highest BCUT2D eigenvalue weighted by molar-refractivity contribution is 9.10. The van der Waals surface area contributed by atoms with E-state index in [0.717, 1.165) is 0 Å². The van der Waals surface area contributed by atoms with E-state index in [1.165, 1.54) is 22.6 Å². The summed E-state index contributed by atoms with van der Waals surface area (Å²) in [6.07, 6.45) is 2.97. The maximum atomic E-state index is 12.8. The zero-order valence-corrected chi connectivity index (χ0v) is 13.5. The van der Waals surface area contributed by atoms with Crippen molar-refractivity contribution in [1.82, 2.24) is 4.98 Å². The summed E-state index contributed by atoms with van der Waals surface area (Å²) in [6, 6.07) is 10.2. The Labute approximate surface area is 132 Å². The SMILES string of the molecule is C=CCN(c1ccccc1)S(=O)(=O)c1cc(Br)cnc1N. The fourth-order valence-corrected chi connectivity index (χ4v) is 3.82.